The number of anilines is 1. The Morgan fingerprint density at radius 1 is 1.58 bits per heavy atom. The summed E-state index contributed by atoms with van der Waals surface area (Å²) >= 11 is 0. The number of aromatic nitrogens is 2. The molecular weight excluding hydrogens is 251 g/mol. The second kappa shape index (κ2) is 5.47. The van der Waals surface area contributed by atoms with E-state index in [1.54, 1.807) is 23.1 Å². The third-order valence-electron chi connectivity index (χ3n) is 2.58. The van der Waals surface area contributed by atoms with Gasteiger partial charge in [-0.05, 0) is 25.1 Å². The van der Waals surface area contributed by atoms with Gasteiger partial charge in [0.05, 0.1) is 17.5 Å². The van der Waals surface area contributed by atoms with Crippen LogP contribution in [0.4, 0.5) is 15.8 Å². The van der Waals surface area contributed by atoms with Gasteiger partial charge >= 0.3 is 0 Å². The van der Waals surface area contributed by atoms with E-state index < -0.39 is 10.7 Å². The molecule has 0 radical (unpaired) electrons. The molecule has 1 heterocycles. The molecule has 7 heteroatoms. The Kier molecular flexibility index (Phi) is 3.74. The number of rotatable bonds is 5. The Bertz CT molecular complexity index is 571. The maximum absolute atomic E-state index is 13.0. The van der Waals surface area contributed by atoms with Crippen LogP contribution in [0.2, 0.25) is 0 Å². The van der Waals surface area contributed by atoms with Crippen molar-refractivity contribution in [2.75, 3.05) is 5.32 Å². The second-order valence-electron chi connectivity index (χ2n) is 4.19. The minimum absolute atomic E-state index is 0.0796. The summed E-state index contributed by atoms with van der Waals surface area (Å²) < 4.78 is 14.7. The smallest absolute Gasteiger partial charge is 0.295 e. The van der Waals surface area contributed by atoms with E-state index in [-0.39, 0.29) is 11.7 Å². The van der Waals surface area contributed by atoms with Crippen LogP contribution in [0.5, 0.6) is 0 Å². The molecule has 0 fully saturated rings. The van der Waals surface area contributed by atoms with Crippen molar-refractivity contribution in [2.45, 2.75) is 19.5 Å². The Morgan fingerprint density at radius 3 is 3.00 bits per heavy atom. The van der Waals surface area contributed by atoms with Crippen LogP contribution in [0.25, 0.3) is 0 Å². The van der Waals surface area contributed by atoms with Gasteiger partial charge in [-0.2, -0.15) is 5.10 Å². The van der Waals surface area contributed by atoms with Gasteiger partial charge < -0.3 is 5.32 Å². The van der Waals surface area contributed by atoms with Gasteiger partial charge in [-0.15, -0.1) is 0 Å². The number of nitro benzene ring substituents is 1. The molecule has 1 N–H and O–H groups in total. The van der Waals surface area contributed by atoms with Crippen molar-refractivity contribution in [3.05, 3.63) is 52.6 Å². The van der Waals surface area contributed by atoms with Crippen LogP contribution in [0, 0.1) is 15.9 Å². The summed E-state index contributed by atoms with van der Waals surface area (Å²) in [5.41, 5.74) is 0.0263. The molecule has 0 aliphatic rings. The molecule has 100 valence electrons. The van der Waals surface area contributed by atoms with Crippen LogP contribution in [-0.4, -0.2) is 20.7 Å². The van der Waals surface area contributed by atoms with Gasteiger partial charge in [-0.25, -0.2) is 4.39 Å². The zero-order valence-corrected chi connectivity index (χ0v) is 10.3. The molecule has 1 aromatic carbocycles. The van der Waals surface area contributed by atoms with E-state index in [9.17, 15) is 14.5 Å². The quantitative estimate of drug-likeness (QED) is 0.665. The highest BCUT2D eigenvalue weighted by atomic mass is 19.1. The molecule has 0 saturated carbocycles. The van der Waals surface area contributed by atoms with E-state index >= 15 is 0 Å². The minimum Gasteiger partial charge on any atom is -0.375 e. The van der Waals surface area contributed by atoms with E-state index in [1.807, 2.05) is 6.92 Å². The highest BCUT2D eigenvalue weighted by Gasteiger charge is 2.16. The summed E-state index contributed by atoms with van der Waals surface area (Å²) in [4.78, 5) is 10.2. The predicted molar refractivity (Wildman–Crippen MR) is 68.4 cm³/mol. The van der Waals surface area contributed by atoms with Gasteiger partial charge in [0.25, 0.3) is 5.69 Å². The van der Waals surface area contributed by atoms with Crippen LogP contribution in [0.3, 0.4) is 0 Å². The van der Waals surface area contributed by atoms with Gasteiger partial charge in [0.15, 0.2) is 0 Å². The molecular formula is C12H13FN4O2. The highest BCUT2D eigenvalue weighted by molar-refractivity contribution is 5.61. The van der Waals surface area contributed by atoms with Crippen molar-refractivity contribution in [3.8, 4) is 0 Å². The van der Waals surface area contributed by atoms with E-state index in [2.05, 4.69) is 10.4 Å². The van der Waals surface area contributed by atoms with Gasteiger partial charge in [-0.1, -0.05) is 0 Å². The molecule has 0 bridgehead atoms. The van der Waals surface area contributed by atoms with Gasteiger partial charge in [0.2, 0.25) is 0 Å². The molecule has 0 aliphatic carbocycles. The molecule has 0 spiro atoms. The normalized spacial score (nSPS) is 12.1. The van der Waals surface area contributed by atoms with Crippen molar-refractivity contribution in [1.29, 1.82) is 0 Å². The summed E-state index contributed by atoms with van der Waals surface area (Å²) in [6.45, 7) is 2.43. The van der Waals surface area contributed by atoms with Crippen molar-refractivity contribution >= 4 is 11.4 Å². The summed E-state index contributed by atoms with van der Waals surface area (Å²) in [7, 11) is 0. The van der Waals surface area contributed by atoms with Crippen molar-refractivity contribution in [2.24, 2.45) is 0 Å². The fourth-order valence-electron chi connectivity index (χ4n) is 1.78. The lowest BCUT2D eigenvalue weighted by atomic mass is 10.2. The number of benzene rings is 1. The molecule has 2 rings (SSSR count). The fourth-order valence-corrected chi connectivity index (χ4v) is 1.78. The Balaban J connectivity index is 2.12. The van der Waals surface area contributed by atoms with Crippen LogP contribution in [0.15, 0.2) is 36.7 Å². The van der Waals surface area contributed by atoms with Crippen LogP contribution >= 0.6 is 0 Å². The van der Waals surface area contributed by atoms with E-state index in [0.717, 1.165) is 6.07 Å². The highest BCUT2D eigenvalue weighted by Crippen LogP contribution is 2.25. The largest absolute Gasteiger partial charge is 0.375 e. The average Bonchev–Trinajstić information content (AvgIpc) is 2.83. The summed E-state index contributed by atoms with van der Waals surface area (Å²) in [6, 6.07) is 5.18. The lowest BCUT2D eigenvalue weighted by Gasteiger charge is -2.15. The third-order valence-corrected chi connectivity index (χ3v) is 2.58. The molecule has 0 amide bonds. The van der Waals surface area contributed by atoms with E-state index in [4.69, 9.17) is 0 Å². The van der Waals surface area contributed by atoms with Gasteiger partial charge in [0, 0.05) is 18.4 Å². The Labute approximate surface area is 109 Å². The number of hydrogen-bond donors (Lipinski definition) is 1. The minimum atomic E-state index is -0.628. The van der Waals surface area contributed by atoms with Crippen LogP contribution in [0.1, 0.15) is 6.92 Å². The van der Waals surface area contributed by atoms with Crippen molar-refractivity contribution < 1.29 is 9.31 Å². The molecule has 1 atom stereocenters. The summed E-state index contributed by atoms with van der Waals surface area (Å²) in [6.07, 6.45) is 3.46. The molecule has 19 heavy (non-hydrogen) atoms. The van der Waals surface area contributed by atoms with Gasteiger partial charge in [0.1, 0.15) is 11.5 Å². The molecule has 2 aromatic rings. The number of nitrogens with zero attached hydrogens (tertiary/aromatic N) is 3. The SMILES string of the molecule is CC(Cn1cccn1)Nc1ccc(F)cc1[N+](=O)[O-]. The molecule has 6 nitrogen and oxygen atoms in total. The van der Waals surface area contributed by atoms with Gasteiger partial charge in [-0.3, -0.25) is 14.8 Å². The lowest BCUT2D eigenvalue weighted by molar-refractivity contribution is -0.384. The second-order valence-corrected chi connectivity index (χ2v) is 4.19. The van der Waals surface area contributed by atoms with Crippen molar-refractivity contribution in [3.63, 3.8) is 0 Å². The Hall–Kier alpha value is -2.44. The predicted octanol–water partition coefficient (Wildman–Crippen LogP) is 2.43. The monoisotopic (exact) mass is 264 g/mol. The number of halogens is 1. The lowest BCUT2D eigenvalue weighted by Crippen LogP contribution is -2.22. The maximum Gasteiger partial charge on any atom is 0.295 e. The zero-order valence-electron chi connectivity index (χ0n) is 10.3. The molecule has 0 saturated heterocycles. The first kappa shape index (κ1) is 13.0. The number of nitrogens with one attached hydrogen (secondary N) is 1. The number of hydrogen-bond acceptors (Lipinski definition) is 4. The average molecular weight is 264 g/mol. The third kappa shape index (κ3) is 3.27. The first-order valence-corrected chi connectivity index (χ1v) is 5.74. The van der Waals surface area contributed by atoms with Crippen LogP contribution in [-0.2, 0) is 6.54 Å². The van der Waals surface area contributed by atoms with E-state index in [0.29, 0.717) is 12.2 Å². The first-order chi connectivity index (χ1) is 9.06. The van der Waals surface area contributed by atoms with E-state index in [1.165, 1.54) is 12.1 Å². The first-order valence-electron chi connectivity index (χ1n) is 5.74. The summed E-state index contributed by atoms with van der Waals surface area (Å²) in [5, 5.41) is 17.9. The van der Waals surface area contributed by atoms with Crippen molar-refractivity contribution in [1.82, 2.24) is 9.78 Å². The maximum atomic E-state index is 13.0. The van der Waals surface area contributed by atoms with Crippen LogP contribution < -0.4 is 5.32 Å². The topological polar surface area (TPSA) is 73.0 Å². The molecule has 0 aliphatic heterocycles. The molecule has 1 aromatic heterocycles. The number of nitro groups is 1. The summed E-state index contributed by atoms with van der Waals surface area (Å²) in [5.74, 6) is -0.628. The Morgan fingerprint density at radius 2 is 2.37 bits per heavy atom. The zero-order chi connectivity index (χ0) is 13.8. The fraction of sp³-hybridized carbons (Fsp3) is 0.250. The molecule has 1 unspecified atom stereocenters. The standard InChI is InChI=1S/C12H13FN4O2/c1-9(8-16-6-2-5-14-16)15-11-4-3-10(13)7-12(11)17(18)19/h2-7,9,15H,8H2,1H3.